The Morgan fingerprint density at radius 2 is 1.85 bits per heavy atom. The maximum Gasteiger partial charge on any atom is 0.231 e. The van der Waals surface area contributed by atoms with Gasteiger partial charge in [-0.1, -0.05) is 18.2 Å². The highest BCUT2D eigenvalue weighted by molar-refractivity contribution is 5.45. The molecule has 2 aromatic rings. The monoisotopic (exact) mass is 368 g/mol. The first kappa shape index (κ1) is 17.7. The molecule has 0 unspecified atom stereocenters. The van der Waals surface area contributed by atoms with Crippen LogP contribution in [0.25, 0.3) is 0 Å². The summed E-state index contributed by atoms with van der Waals surface area (Å²) in [6.07, 6.45) is 2.87. The van der Waals surface area contributed by atoms with Crippen LogP contribution in [0.3, 0.4) is 0 Å². The Hall–Kier alpha value is -2.66. The van der Waals surface area contributed by atoms with Gasteiger partial charge >= 0.3 is 0 Å². The highest BCUT2D eigenvalue weighted by Crippen LogP contribution is 2.43. The molecule has 0 amide bonds. The quantitative estimate of drug-likeness (QED) is 0.717. The zero-order chi connectivity index (χ0) is 18.8. The van der Waals surface area contributed by atoms with Crippen molar-refractivity contribution in [1.82, 2.24) is 0 Å². The molecule has 0 N–H and O–H groups in total. The van der Waals surface area contributed by atoms with Crippen LogP contribution in [0.5, 0.6) is 23.0 Å². The average Bonchev–Trinajstić information content (AvgIpc) is 3.33. The van der Waals surface area contributed by atoms with Crippen LogP contribution in [0.15, 0.2) is 49.1 Å². The normalized spacial score (nSPS) is 23.3. The Balaban J connectivity index is 1.53. The second-order valence-electron chi connectivity index (χ2n) is 6.83. The summed E-state index contributed by atoms with van der Waals surface area (Å²) in [4.78, 5) is 0. The molecule has 0 aromatic heterocycles. The molecule has 0 saturated carbocycles. The average molecular weight is 368 g/mol. The maximum absolute atomic E-state index is 6.17. The van der Waals surface area contributed by atoms with Crippen molar-refractivity contribution in [1.29, 1.82) is 0 Å². The van der Waals surface area contributed by atoms with Crippen molar-refractivity contribution in [3.05, 3.63) is 60.2 Å². The second-order valence-corrected chi connectivity index (χ2v) is 6.83. The molecule has 0 bridgehead atoms. The van der Waals surface area contributed by atoms with E-state index in [0.29, 0.717) is 30.8 Å². The van der Waals surface area contributed by atoms with E-state index >= 15 is 0 Å². The van der Waals surface area contributed by atoms with E-state index in [1.165, 1.54) is 5.56 Å². The van der Waals surface area contributed by atoms with Crippen molar-refractivity contribution in [3.8, 4) is 23.0 Å². The highest BCUT2D eigenvalue weighted by Gasteiger charge is 2.36. The molecule has 27 heavy (non-hydrogen) atoms. The summed E-state index contributed by atoms with van der Waals surface area (Å²) < 4.78 is 27.8. The molecule has 2 heterocycles. The van der Waals surface area contributed by atoms with Crippen molar-refractivity contribution in [2.24, 2.45) is 11.8 Å². The van der Waals surface area contributed by atoms with Crippen LogP contribution in [-0.2, 0) is 11.2 Å². The van der Waals surface area contributed by atoms with E-state index in [0.717, 1.165) is 23.5 Å². The number of ether oxygens (including phenoxy) is 5. The van der Waals surface area contributed by atoms with Gasteiger partial charge in [0.25, 0.3) is 0 Å². The fourth-order valence-corrected chi connectivity index (χ4v) is 3.93. The largest absolute Gasteiger partial charge is 0.493 e. The molecule has 5 nitrogen and oxygen atoms in total. The first-order valence-electron chi connectivity index (χ1n) is 9.08. The number of hydrogen-bond acceptors (Lipinski definition) is 5. The highest BCUT2D eigenvalue weighted by atomic mass is 16.7. The van der Waals surface area contributed by atoms with E-state index in [1.807, 2.05) is 30.3 Å². The molecule has 2 aliphatic rings. The van der Waals surface area contributed by atoms with Crippen LogP contribution in [0.1, 0.15) is 17.2 Å². The molecule has 2 aromatic carbocycles. The number of benzene rings is 2. The van der Waals surface area contributed by atoms with Crippen LogP contribution in [-0.4, -0.2) is 27.6 Å². The molecular formula is C22H24O5. The van der Waals surface area contributed by atoms with Gasteiger partial charge < -0.3 is 23.7 Å². The number of fused-ring (bicyclic) bond motifs is 1. The molecule has 4 rings (SSSR count). The van der Waals surface area contributed by atoms with Gasteiger partial charge in [0.1, 0.15) is 0 Å². The zero-order valence-electron chi connectivity index (χ0n) is 15.6. The third-order valence-electron chi connectivity index (χ3n) is 5.33. The van der Waals surface area contributed by atoms with E-state index in [4.69, 9.17) is 23.7 Å². The van der Waals surface area contributed by atoms with Gasteiger partial charge in [-0.3, -0.25) is 0 Å². The predicted octanol–water partition coefficient (Wildman–Crippen LogP) is 4.16. The van der Waals surface area contributed by atoms with Crippen LogP contribution >= 0.6 is 0 Å². The van der Waals surface area contributed by atoms with Crippen molar-refractivity contribution in [3.63, 3.8) is 0 Å². The van der Waals surface area contributed by atoms with Crippen molar-refractivity contribution in [2.75, 3.05) is 27.6 Å². The molecule has 1 saturated heterocycles. The summed E-state index contributed by atoms with van der Waals surface area (Å²) in [5.41, 5.74) is 2.29. The Kier molecular flexibility index (Phi) is 4.94. The lowest BCUT2D eigenvalue weighted by Gasteiger charge is -2.21. The van der Waals surface area contributed by atoms with Crippen LogP contribution in [0, 0.1) is 11.8 Å². The predicted molar refractivity (Wildman–Crippen MR) is 102 cm³/mol. The Bertz CT molecular complexity index is 831. The lowest BCUT2D eigenvalue weighted by molar-refractivity contribution is 0.0974. The number of methoxy groups -OCH3 is 2. The summed E-state index contributed by atoms with van der Waals surface area (Å²) in [5, 5.41) is 0. The van der Waals surface area contributed by atoms with Gasteiger partial charge in [0, 0.05) is 5.92 Å². The van der Waals surface area contributed by atoms with E-state index in [9.17, 15) is 0 Å². The third kappa shape index (κ3) is 3.35. The van der Waals surface area contributed by atoms with Gasteiger partial charge in [0.15, 0.2) is 23.0 Å². The van der Waals surface area contributed by atoms with Crippen molar-refractivity contribution < 1.29 is 23.7 Å². The van der Waals surface area contributed by atoms with Crippen molar-refractivity contribution in [2.45, 2.75) is 12.5 Å². The van der Waals surface area contributed by atoms with Crippen LogP contribution in [0.2, 0.25) is 0 Å². The summed E-state index contributed by atoms with van der Waals surface area (Å²) >= 11 is 0. The first-order chi connectivity index (χ1) is 13.2. The second kappa shape index (κ2) is 7.53. The number of rotatable bonds is 6. The van der Waals surface area contributed by atoms with Gasteiger partial charge in [-0.05, 0) is 47.7 Å². The minimum Gasteiger partial charge on any atom is -0.493 e. The summed E-state index contributed by atoms with van der Waals surface area (Å²) in [7, 11) is 3.28. The summed E-state index contributed by atoms with van der Waals surface area (Å²) in [5.74, 6) is 3.62. The molecule has 0 spiro atoms. The molecule has 0 radical (unpaired) electrons. The molecule has 5 heteroatoms. The van der Waals surface area contributed by atoms with E-state index in [-0.39, 0.29) is 12.0 Å². The van der Waals surface area contributed by atoms with Gasteiger partial charge in [0.05, 0.1) is 26.9 Å². The minimum atomic E-state index is -0.0404. The van der Waals surface area contributed by atoms with Gasteiger partial charge in [-0.25, -0.2) is 0 Å². The molecule has 0 aliphatic carbocycles. The van der Waals surface area contributed by atoms with E-state index in [1.54, 1.807) is 14.2 Å². The fourth-order valence-electron chi connectivity index (χ4n) is 3.93. The molecule has 2 aliphatic heterocycles. The molecule has 1 fully saturated rings. The first-order valence-corrected chi connectivity index (χ1v) is 9.08. The minimum absolute atomic E-state index is 0.0404. The fraction of sp³-hybridized carbons (Fsp3) is 0.364. The van der Waals surface area contributed by atoms with Gasteiger partial charge in [-0.15, -0.1) is 6.58 Å². The lowest BCUT2D eigenvalue weighted by Crippen LogP contribution is -2.15. The smallest absolute Gasteiger partial charge is 0.231 e. The van der Waals surface area contributed by atoms with Crippen LogP contribution in [0.4, 0.5) is 0 Å². The van der Waals surface area contributed by atoms with E-state index in [2.05, 4.69) is 18.7 Å². The standard InChI is InChI=1S/C22H24O5/c1-4-17-16(9-14-5-7-19-21(10-14)27-13-26-19)12-25-22(17)15-6-8-18(23-2)20(11-15)24-3/h4-8,10-11,16-17,22H,1,9,12-13H2,2-3H3/t16-,17+,22-/m1/s1. The summed E-state index contributed by atoms with van der Waals surface area (Å²) in [6, 6.07) is 12.1. The van der Waals surface area contributed by atoms with Gasteiger partial charge in [0.2, 0.25) is 6.79 Å². The molecule has 3 atom stereocenters. The van der Waals surface area contributed by atoms with Crippen LogP contribution < -0.4 is 18.9 Å². The maximum atomic E-state index is 6.17. The number of hydrogen-bond donors (Lipinski definition) is 0. The Labute approximate surface area is 159 Å². The lowest BCUT2D eigenvalue weighted by atomic mass is 9.84. The van der Waals surface area contributed by atoms with Gasteiger partial charge in [-0.2, -0.15) is 0 Å². The molecule has 142 valence electrons. The Morgan fingerprint density at radius 3 is 2.63 bits per heavy atom. The van der Waals surface area contributed by atoms with Crippen molar-refractivity contribution >= 4 is 0 Å². The Morgan fingerprint density at radius 1 is 1.04 bits per heavy atom. The molecular weight excluding hydrogens is 344 g/mol. The third-order valence-corrected chi connectivity index (χ3v) is 5.33. The zero-order valence-corrected chi connectivity index (χ0v) is 15.6. The van der Waals surface area contributed by atoms with E-state index < -0.39 is 0 Å². The topological polar surface area (TPSA) is 46.2 Å². The summed E-state index contributed by atoms with van der Waals surface area (Å²) in [6.45, 7) is 5.04. The SMILES string of the molecule is C=C[C@H]1[C@H](Cc2ccc3c(c2)OCO3)CO[C@@H]1c1ccc(OC)c(OC)c1.